The average molecular weight is 671 g/mol. The minimum Gasteiger partial charge on any atom is -0.491 e. The topological polar surface area (TPSA) is 102 Å². The summed E-state index contributed by atoms with van der Waals surface area (Å²) < 4.78 is 86.8. The van der Waals surface area contributed by atoms with E-state index in [1.54, 1.807) is 36.1 Å². The Balaban J connectivity index is 1.49. The van der Waals surface area contributed by atoms with Crippen LogP contribution in [-0.4, -0.2) is 83.4 Å². The molecule has 2 aromatic carbocycles. The van der Waals surface area contributed by atoms with Crippen LogP contribution in [0.2, 0.25) is 0 Å². The Morgan fingerprint density at radius 2 is 1.68 bits per heavy atom. The molecule has 9 nitrogen and oxygen atoms in total. The summed E-state index contributed by atoms with van der Waals surface area (Å²) in [7, 11) is 0. The second kappa shape index (κ2) is 12.7. The van der Waals surface area contributed by atoms with Crippen LogP contribution in [0.3, 0.4) is 0 Å². The van der Waals surface area contributed by atoms with Gasteiger partial charge in [-0.05, 0) is 70.0 Å². The van der Waals surface area contributed by atoms with Crippen molar-refractivity contribution in [2.45, 2.75) is 70.3 Å². The Bertz CT molecular complexity index is 1530. The van der Waals surface area contributed by atoms with Crippen LogP contribution in [0.4, 0.5) is 36.8 Å². The third-order valence-corrected chi connectivity index (χ3v) is 8.27. The first-order valence-corrected chi connectivity index (χ1v) is 14.8. The number of aliphatic hydroxyl groups is 1. The quantitative estimate of drug-likeness (QED) is 0.291. The zero-order valence-electron chi connectivity index (χ0n) is 26.4. The van der Waals surface area contributed by atoms with E-state index in [4.69, 9.17) is 4.74 Å². The Kier molecular flexibility index (Phi) is 9.64. The van der Waals surface area contributed by atoms with Gasteiger partial charge in [-0.3, -0.25) is 14.5 Å². The zero-order valence-corrected chi connectivity index (χ0v) is 26.4. The Morgan fingerprint density at radius 3 is 2.21 bits per heavy atom. The fourth-order valence-electron chi connectivity index (χ4n) is 5.79. The minimum absolute atomic E-state index is 0.00553. The molecule has 2 fully saturated rings. The Labute approximate surface area is 267 Å². The molecular formula is C32H36F6N4O5. The van der Waals surface area contributed by atoms with E-state index in [1.807, 2.05) is 13.8 Å². The van der Waals surface area contributed by atoms with E-state index in [-0.39, 0.29) is 31.3 Å². The molecule has 0 aromatic heterocycles. The summed E-state index contributed by atoms with van der Waals surface area (Å²) in [5.74, 6) is -0.550. The van der Waals surface area contributed by atoms with Crippen LogP contribution in [0.5, 0.6) is 5.75 Å². The molecular weight excluding hydrogens is 634 g/mol. The predicted octanol–water partition coefficient (Wildman–Crippen LogP) is 5.32. The number of piperazine rings is 1. The van der Waals surface area contributed by atoms with Crippen molar-refractivity contribution in [3.63, 3.8) is 0 Å². The van der Waals surface area contributed by atoms with E-state index >= 15 is 0 Å². The standard InChI is InChI=1S/C32H36F6N4O5/c1-6-7-21-16-23(30(46,31(33,34)35)32(36,37)38)10-13-25(21)41-15-14-40(17-20(41)4)26(43)18-42-27(44)29(5,39-28(42)45)22-8-11-24(12-9-22)47-19(2)3/h6-13,16,19-20,46H,14-15,17-18H2,1-5H3,(H,39,45). The molecule has 2 atom stereocenters. The lowest BCUT2D eigenvalue weighted by Gasteiger charge is -2.42. The molecule has 0 saturated carbocycles. The van der Waals surface area contributed by atoms with Gasteiger partial charge in [0.15, 0.2) is 0 Å². The van der Waals surface area contributed by atoms with Crippen LogP contribution >= 0.6 is 0 Å². The fraction of sp³-hybridized carbons (Fsp3) is 0.469. The van der Waals surface area contributed by atoms with Crippen LogP contribution in [0.1, 0.15) is 51.3 Å². The van der Waals surface area contributed by atoms with Crippen molar-refractivity contribution in [1.82, 2.24) is 15.1 Å². The van der Waals surface area contributed by atoms with Gasteiger partial charge in [-0.25, -0.2) is 4.79 Å². The molecule has 15 heteroatoms. The van der Waals surface area contributed by atoms with Gasteiger partial charge in [-0.2, -0.15) is 26.3 Å². The number of allylic oxidation sites excluding steroid dienone is 1. The number of anilines is 1. The van der Waals surface area contributed by atoms with E-state index in [0.29, 0.717) is 29.1 Å². The van der Waals surface area contributed by atoms with Crippen LogP contribution in [0, 0.1) is 0 Å². The second-order valence-corrected chi connectivity index (χ2v) is 12.0. The summed E-state index contributed by atoms with van der Waals surface area (Å²) in [5, 5.41) is 12.6. The number of imide groups is 1. The SMILES string of the molecule is CC=Cc1cc(C(O)(C(F)(F)F)C(F)(F)F)ccc1N1CCN(C(=O)CN2C(=O)NC(C)(c3ccc(OC(C)C)cc3)C2=O)CC1C. The highest BCUT2D eigenvalue weighted by atomic mass is 19.4. The summed E-state index contributed by atoms with van der Waals surface area (Å²) in [5.41, 5.74) is -7.07. The number of halogens is 6. The van der Waals surface area contributed by atoms with Gasteiger partial charge in [0.25, 0.3) is 11.5 Å². The van der Waals surface area contributed by atoms with Crippen LogP contribution < -0.4 is 15.0 Å². The van der Waals surface area contributed by atoms with E-state index in [0.717, 1.165) is 11.0 Å². The van der Waals surface area contributed by atoms with Crippen LogP contribution in [0.15, 0.2) is 48.5 Å². The number of carbonyl (C=O) groups excluding carboxylic acids is 3. The highest BCUT2D eigenvalue weighted by Gasteiger charge is 2.71. The number of alkyl halides is 6. The maximum Gasteiger partial charge on any atom is 0.430 e. The first-order valence-electron chi connectivity index (χ1n) is 14.8. The number of rotatable bonds is 8. The summed E-state index contributed by atoms with van der Waals surface area (Å²) in [4.78, 5) is 43.6. The Hall–Kier alpha value is -4.27. The lowest BCUT2D eigenvalue weighted by molar-refractivity contribution is -0.376. The van der Waals surface area contributed by atoms with Crippen molar-refractivity contribution in [2.24, 2.45) is 0 Å². The summed E-state index contributed by atoms with van der Waals surface area (Å²) in [6.07, 6.45) is -9.36. The third-order valence-electron chi connectivity index (χ3n) is 8.27. The third kappa shape index (κ3) is 6.62. The molecule has 2 saturated heterocycles. The number of urea groups is 1. The van der Waals surface area contributed by atoms with Gasteiger partial charge in [0, 0.05) is 36.9 Å². The first kappa shape index (κ1) is 35.6. The summed E-state index contributed by atoms with van der Waals surface area (Å²) >= 11 is 0. The van der Waals surface area contributed by atoms with Gasteiger partial charge in [0.1, 0.15) is 17.8 Å². The van der Waals surface area contributed by atoms with Gasteiger partial charge in [-0.15, -0.1) is 0 Å². The predicted molar refractivity (Wildman–Crippen MR) is 160 cm³/mol. The largest absolute Gasteiger partial charge is 0.491 e. The van der Waals surface area contributed by atoms with Crippen molar-refractivity contribution in [1.29, 1.82) is 0 Å². The number of ether oxygens (including phenoxy) is 1. The normalized spacial score (nSPS) is 21.2. The molecule has 0 aliphatic carbocycles. The van der Waals surface area contributed by atoms with Crippen molar-refractivity contribution in [3.05, 3.63) is 65.2 Å². The van der Waals surface area contributed by atoms with Gasteiger partial charge < -0.3 is 25.0 Å². The highest BCUT2D eigenvalue weighted by molar-refractivity contribution is 6.09. The second-order valence-electron chi connectivity index (χ2n) is 12.0. The molecule has 4 rings (SSSR count). The Morgan fingerprint density at radius 1 is 1.06 bits per heavy atom. The van der Waals surface area contributed by atoms with Gasteiger partial charge >= 0.3 is 18.4 Å². The highest BCUT2D eigenvalue weighted by Crippen LogP contribution is 2.50. The molecule has 2 N–H and O–H groups in total. The first-order chi connectivity index (χ1) is 21.7. The van der Waals surface area contributed by atoms with E-state index < -0.39 is 59.5 Å². The number of hydrogen-bond acceptors (Lipinski definition) is 6. The van der Waals surface area contributed by atoms with Gasteiger partial charge in [-0.1, -0.05) is 30.4 Å². The summed E-state index contributed by atoms with van der Waals surface area (Å²) in [6.45, 7) is 8.31. The molecule has 2 unspecified atom stereocenters. The maximum atomic E-state index is 13.5. The van der Waals surface area contributed by atoms with Crippen molar-refractivity contribution < 1.29 is 50.6 Å². The molecule has 0 radical (unpaired) electrons. The number of nitrogens with one attached hydrogen (secondary N) is 1. The summed E-state index contributed by atoms with van der Waals surface area (Å²) in [6, 6.07) is 7.78. The van der Waals surface area contributed by atoms with E-state index in [2.05, 4.69) is 5.32 Å². The van der Waals surface area contributed by atoms with Crippen molar-refractivity contribution >= 4 is 29.6 Å². The molecule has 0 spiro atoms. The molecule has 2 aliphatic heterocycles. The molecule has 2 heterocycles. The van der Waals surface area contributed by atoms with E-state index in [9.17, 15) is 45.8 Å². The molecule has 47 heavy (non-hydrogen) atoms. The van der Waals surface area contributed by atoms with Gasteiger partial charge in [0.2, 0.25) is 5.91 Å². The smallest absolute Gasteiger partial charge is 0.430 e. The maximum absolute atomic E-state index is 13.5. The molecule has 256 valence electrons. The minimum atomic E-state index is -6.03. The molecule has 0 bridgehead atoms. The molecule has 4 amide bonds. The molecule has 2 aliphatic rings. The lowest BCUT2D eigenvalue weighted by Crippen LogP contribution is -2.56. The average Bonchev–Trinajstić information content (AvgIpc) is 3.19. The zero-order chi connectivity index (χ0) is 35.1. The van der Waals surface area contributed by atoms with Crippen molar-refractivity contribution in [2.75, 3.05) is 31.1 Å². The monoisotopic (exact) mass is 670 g/mol. The lowest BCUT2D eigenvalue weighted by atomic mass is 9.90. The fourth-order valence-corrected chi connectivity index (χ4v) is 5.79. The van der Waals surface area contributed by atoms with Crippen LogP contribution in [0.25, 0.3) is 6.08 Å². The number of nitrogens with zero attached hydrogens (tertiary/aromatic N) is 3. The number of amides is 4. The number of carbonyl (C=O) groups is 3. The van der Waals surface area contributed by atoms with E-state index in [1.165, 1.54) is 30.9 Å². The molecule has 2 aromatic rings. The van der Waals surface area contributed by atoms with Crippen molar-refractivity contribution in [3.8, 4) is 5.75 Å². The number of hydrogen-bond donors (Lipinski definition) is 2. The van der Waals surface area contributed by atoms with Crippen LogP contribution in [-0.2, 0) is 20.7 Å². The van der Waals surface area contributed by atoms with Gasteiger partial charge in [0.05, 0.1) is 6.10 Å². The number of benzene rings is 2.